The second-order valence-electron chi connectivity index (χ2n) is 3.10. The van der Waals surface area contributed by atoms with Crippen molar-refractivity contribution in [2.45, 2.75) is 6.92 Å². The first-order chi connectivity index (χ1) is 6.66. The fourth-order valence-electron chi connectivity index (χ4n) is 1.14. The van der Waals surface area contributed by atoms with Gasteiger partial charge in [-0.1, -0.05) is 0 Å². The van der Waals surface area contributed by atoms with Crippen molar-refractivity contribution in [3.8, 4) is 11.4 Å². The molecule has 0 aliphatic rings. The molecule has 0 amide bonds. The molecule has 0 saturated carbocycles. The maximum atomic E-state index is 5.00. The van der Waals surface area contributed by atoms with Gasteiger partial charge in [0.2, 0.25) is 4.77 Å². The Kier molecular flexibility index (Phi) is 2.17. The highest BCUT2D eigenvalue weighted by molar-refractivity contribution is 7.71. The number of rotatable bonds is 1. The van der Waals surface area contributed by atoms with Crippen molar-refractivity contribution in [2.24, 2.45) is 7.05 Å². The molecule has 2 aromatic rings. The first-order valence-corrected chi connectivity index (χ1v) is 4.64. The number of pyridine rings is 1. The summed E-state index contributed by atoms with van der Waals surface area (Å²) >= 11 is 5.00. The smallest absolute Gasteiger partial charge is 0.216 e. The minimum Gasteiger partial charge on any atom is -0.279 e. The fraction of sp³-hybridized carbons (Fsp3) is 0.222. The highest BCUT2D eigenvalue weighted by Gasteiger charge is 2.02. The van der Waals surface area contributed by atoms with Gasteiger partial charge in [-0.25, -0.2) is 0 Å². The van der Waals surface area contributed by atoms with E-state index in [1.54, 1.807) is 10.9 Å². The molecular formula is C9H10N4S. The Morgan fingerprint density at radius 1 is 1.43 bits per heavy atom. The lowest BCUT2D eigenvalue weighted by molar-refractivity contribution is 0.756. The van der Waals surface area contributed by atoms with Crippen LogP contribution >= 0.6 is 12.2 Å². The van der Waals surface area contributed by atoms with Gasteiger partial charge in [-0.15, -0.1) is 0 Å². The zero-order valence-electron chi connectivity index (χ0n) is 7.98. The van der Waals surface area contributed by atoms with Crippen LogP contribution in [0.15, 0.2) is 18.3 Å². The van der Waals surface area contributed by atoms with Crippen LogP contribution in [-0.4, -0.2) is 19.7 Å². The van der Waals surface area contributed by atoms with Crippen LogP contribution < -0.4 is 0 Å². The van der Waals surface area contributed by atoms with Crippen molar-refractivity contribution < 1.29 is 0 Å². The van der Waals surface area contributed by atoms with E-state index in [9.17, 15) is 0 Å². The van der Waals surface area contributed by atoms with Gasteiger partial charge in [0.1, 0.15) is 0 Å². The number of hydrogen-bond donors (Lipinski definition) is 1. The summed E-state index contributed by atoms with van der Waals surface area (Å²) in [5.74, 6) is 0.755. The van der Waals surface area contributed by atoms with Crippen LogP contribution in [0.25, 0.3) is 11.4 Å². The molecule has 0 spiro atoms. The molecule has 14 heavy (non-hydrogen) atoms. The summed E-state index contributed by atoms with van der Waals surface area (Å²) in [5, 5.41) is 3.04. The lowest BCUT2D eigenvalue weighted by Gasteiger charge is -1.95. The first kappa shape index (κ1) is 9.08. The van der Waals surface area contributed by atoms with Crippen molar-refractivity contribution in [1.29, 1.82) is 0 Å². The summed E-state index contributed by atoms with van der Waals surface area (Å²) < 4.78 is 2.24. The molecule has 0 saturated heterocycles. The van der Waals surface area contributed by atoms with Crippen LogP contribution in [0.4, 0.5) is 0 Å². The molecule has 0 radical (unpaired) electrons. The zero-order chi connectivity index (χ0) is 10.1. The van der Waals surface area contributed by atoms with Crippen molar-refractivity contribution in [2.75, 3.05) is 0 Å². The zero-order valence-corrected chi connectivity index (χ0v) is 8.80. The first-order valence-electron chi connectivity index (χ1n) is 4.23. The standard InChI is InChI=1S/C9H10N4S/c1-6-3-4-7(5-10-6)8-11-9(14)13(2)12-8/h3-5H,1-2H3,(H,11,12,14). The highest BCUT2D eigenvalue weighted by Crippen LogP contribution is 2.12. The minimum atomic E-state index is 0.542. The highest BCUT2D eigenvalue weighted by atomic mass is 32.1. The number of aromatic amines is 1. The Morgan fingerprint density at radius 2 is 2.21 bits per heavy atom. The van der Waals surface area contributed by atoms with E-state index in [1.165, 1.54) is 0 Å². The molecule has 1 N–H and O–H groups in total. The van der Waals surface area contributed by atoms with Gasteiger partial charge in [0.15, 0.2) is 5.82 Å². The Bertz CT molecular complexity index is 494. The predicted molar refractivity (Wildman–Crippen MR) is 56.4 cm³/mol. The number of hydrogen-bond acceptors (Lipinski definition) is 3. The molecule has 2 heterocycles. The van der Waals surface area contributed by atoms with Gasteiger partial charge >= 0.3 is 0 Å². The van der Waals surface area contributed by atoms with Crippen molar-refractivity contribution in [3.05, 3.63) is 28.8 Å². The average molecular weight is 206 g/mol. The lowest BCUT2D eigenvalue weighted by atomic mass is 10.2. The van der Waals surface area contributed by atoms with E-state index >= 15 is 0 Å². The van der Waals surface area contributed by atoms with E-state index in [2.05, 4.69) is 15.1 Å². The summed E-state index contributed by atoms with van der Waals surface area (Å²) in [5.41, 5.74) is 1.94. The summed E-state index contributed by atoms with van der Waals surface area (Å²) in [6.07, 6.45) is 1.78. The van der Waals surface area contributed by atoms with E-state index < -0.39 is 0 Å². The number of H-pyrrole nitrogens is 1. The van der Waals surface area contributed by atoms with Crippen molar-refractivity contribution >= 4 is 12.2 Å². The van der Waals surface area contributed by atoms with Gasteiger partial charge in [-0.05, 0) is 31.3 Å². The van der Waals surface area contributed by atoms with Crippen LogP contribution in [0, 0.1) is 11.7 Å². The van der Waals surface area contributed by atoms with Crippen LogP contribution in [0.2, 0.25) is 0 Å². The number of aromatic nitrogens is 4. The molecule has 5 heteroatoms. The summed E-state index contributed by atoms with van der Waals surface area (Å²) in [6.45, 7) is 1.95. The van der Waals surface area contributed by atoms with Crippen LogP contribution in [0.3, 0.4) is 0 Å². The van der Waals surface area contributed by atoms with Crippen molar-refractivity contribution in [3.63, 3.8) is 0 Å². The number of nitrogens with zero attached hydrogens (tertiary/aromatic N) is 3. The van der Waals surface area contributed by atoms with Crippen LogP contribution in [0.1, 0.15) is 5.69 Å². The van der Waals surface area contributed by atoms with E-state index in [4.69, 9.17) is 12.2 Å². The van der Waals surface area contributed by atoms with Gasteiger partial charge < -0.3 is 0 Å². The lowest BCUT2D eigenvalue weighted by Crippen LogP contribution is -1.90. The molecular weight excluding hydrogens is 196 g/mol. The fourth-order valence-corrected chi connectivity index (χ4v) is 1.28. The quantitative estimate of drug-likeness (QED) is 0.724. The molecule has 2 rings (SSSR count). The van der Waals surface area contributed by atoms with Crippen LogP contribution in [-0.2, 0) is 7.05 Å². The Morgan fingerprint density at radius 3 is 2.71 bits per heavy atom. The summed E-state index contributed by atoms with van der Waals surface area (Å²) in [6, 6.07) is 3.91. The van der Waals surface area contributed by atoms with E-state index in [-0.39, 0.29) is 0 Å². The largest absolute Gasteiger partial charge is 0.279 e. The summed E-state index contributed by atoms with van der Waals surface area (Å²) in [7, 11) is 1.83. The molecule has 72 valence electrons. The van der Waals surface area contributed by atoms with Gasteiger partial charge in [0.05, 0.1) is 0 Å². The third-order valence-corrected chi connectivity index (χ3v) is 2.32. The number of nitrogens with one attached hydrogen (secondary N) is 1. The third kappa shape index (κ3) is 1.58. The molecule has 0 aliphatic carbocycles. The molecule has 0 aliphatic heterocycles. The maximum Gasteiger partial charge on any atom is 0.216 e. The van der Waals surface area contributed by atoms with E-state index in [0.717, 1.165) is 17.1 Å². The van der Waals surface area contributed by atoms with Gasteiger partial charge in [0, 0.05) is 24.5 Å². The third-order valence-electron chi connectivity index (χ3n) is 1.95. The van der Waals surface area contributed by atoms with E-state index in [1.807, 2.05) is 26.1 Å². The van der Waals surface area contributed by atoms with Gasteiger partial charge in [0.25, 0.3) is 0 Å². The van der Waals surface area contributed by atoms with Gasteiger partial charge in [-0.2, -0.15) is 4.98 Å². The average Bonchev–Trinajstić information content (AvgIpc) is 2.48. The molecule has 0 atom stereocenters. The molecule has 2 aromatic heterocycles. The predicted octanol–water partition coefficient (Wildman–Crippen LogP) is 1.85. The van der Waals surface area contributed by atoms with E-state index in [0.29, 0.717) is 4.77 Å². The Labute approximate surface area is 86.6 Å². The van der Waals surface area contributed by atoms with Crippen LogP contribution in [0.5, 0.6) is 0 Å². The van der Waals surface area contributed by atoms with Crippen molar-refractivity contribution in [1.82, 2.24) is 19.7 Å². The maximum absolute atomic E-state index is 5.00. The topological polar surface area (TPSA) is 46.5 Å². The minimum absolute atomic E-state index is 0.542. The Hall–Kier alpha value is -1.49. The second-order valence-corrected chi connectivity index (χ2v) is 3.47. The molecule has 0 fully saturated rings. The molecule has 0 aromatic carbocycles. The second kappa shape index (κ2) is 3.34. The molecule has 0 bridgehead atoms. The Balaban J connectivity index is 2.49. The van der Waals surface area contributed by atoms with Gasteiger partial charge in [-0.3, -0.25) is 14.8 Å². The monoisotopic (exact) mass is 206 g/mol. The summed E-state index contributed by atoms with van der Waals surface area (Å²) in [4.78, 5) is 8.38. The SMILES string of the molecule is Cc1ccc(-c2nc(=S)n(C)[nH]2)cn1. The normalized spacial score (nSPS) is 10.4. The number of aryl methyl sites for hydroxylation is 2. The molecule has 0 unspecified atom stereocenters. The molecule has 4 nitrogen and oxygen atoms in total.